The Kier molecular flexibility index (Phi) is 7.01. The summed E-state index contributed by atoms with van der Waals surface area (Å²) in [5, 5.41) is 13.4. The van der Waals surface area contributed by atoms with Crippen molar-refractivity contribution in [2.75, 3.05) is 6.26 Å². The predicted molar refractivity (Wildman–Crippen MR) is 96.7 cm³/mol. The molecular weight excluding hydrogens is 362 g/mol. The van der Waals surface area contributed by atoms with E-state index in [1.165, 1.54) is 30.7 Å². The molecule has 2 N–H and O–H groups in total. The summed E-state index contributed by atoms with van der Waals surface area (Å²) in [5.41, 5.74) is 0.314. The molecule has 0 aliphatic heterocycles. The van der Waals surface area contributed by atoms with Crippen LogP contribution in [0.5, 0.6) is 0 Å². The molecule has 0 radical (unpaired) electrons. The number of carbonyl (C=O) groups excluding carboxylic acids is 1. The van der Waals surface area contributed by atoms with Gasteiger partial charge in [-0.3, -0.25) is 9.59 Å². The summed E-state index contributed by atoms with van der Waals surface area (Å²) < 4.78 is 23.2. The van der Waals surface area contributed by atoms with Crippen molar-refractivity contribution >= 4 is 33.1 Å². The molecule has 1 saturated carbocycles. The Morgan fingerprint density at radius 2 is 2.00 bits per heavy atom. The first kappa shape index (κ1) is 19.9. The summed E-state index contributed by atoms with van der Waals surface area (Å²) >= 11 is 1.02. The van der Waals surface area contributed by atoms with E-state index in [9.17, 15) is 18.0 Å². The summed E-state index contributed by atoms with van der Waals surface area (Å²) in [6.07, 6.45) is 8.15. The first-order chi connectivity index (χ1) is 11.8. The lowest BCUT2D eigenvalue weighted by molar-refractivity contribution is -0.137. The predicted octanol–water partition coefficient (Wildman–Crippen LogP) is 3.09. The van der Waals surface area contributed by atoms with E-state index in [0.29, 0.717) is 17.9 Å². The Bertz CT molecular complexity index is 704. The average Bonchev–Trinajstić information content (AvgIpc) is 3.04. The highest BCUT2D eigenvalue weighted by atomic mass is 32.2. The second-order valence-corrected chi connectivity index (χ2v) is 9.92. The fourth-order valence-electron chi connectivity index (χ4n) is 3.27. The Morgan fingerprint density at radius 3 is 2.56 bits per heavy atom. The van der Waals surface area contributed by atoms with Gasteiger partial charge in [0.2, 0.25) is 0 Å². The van der Waals surface area contributed by atoms with Crippen molar-refractivity contribution in [3.05, 3.63) is 17.0 Å². The van der Waals surface area contributed by atoms with Crippen molar-refractivity contribution in [1.29, 1.82) is 0 Å². The van der Waals surface area contributed by atoms with E-state index in [1.54, 1.807) is 0 Å². The van der Waals surface area contributed by atoms with Gasteiger partial charge in [-0.15, -0.1) is 11.3 Å². The summed E-state index contributed by atoms with van der Waals surface area (Å²) in [4.78, 5) is 23.3. The van der Waals surface area contributed by atoms with E-state index < -0.39 is 15.8 Å². The minimum Gasteiger partial charge on any atom is -0.481 e. The zero-order valence-electron chi connectivity index (χ0n) is 14.4. The molecule has 0 spiro atoms. The largest absolute Gasteiger partial charge is 0.481 e. The number of nitrogens with one attached hydrogen (secondary N) is 1. The van der Waals surface area contributed by atoms with Crippen molar-refractivity contribution in [3.63, 3.8) is 0 Å². The number of carboxylic acid groups (broad SMARTS) is 1. The highest BCUT2D eigenvalue weighted by Gasteiger charge is 2.22. The third-order valence-electron chi connectivity index (χ3n) is 4.59. The number of carbonyl (C=O) groups is 2. The van der Waals surface area contributed by atoms with Crippen LogP contribution in [0.2, 0.25) is 0 Å². The molecular formula is C17H25NO5S2. The van der Waals surface area contributed by atoms with Gasteiger partial charge in [0, 0.05) is 24.1 Å². The quantitative estimate of drug-likeness (QED) is 0.714. The monoisotopic (exact) mass is 387 g/mol. The van der Waals surface area contributed by atoms with Gasteiger partial charge in [-0.25, -0.2) is 8.42 Å². The van der Waals surface area contributed by atoms with Crippen LogP contribution in [0.15, 0.2) is 15.7 Å². The van der Waals surface area contributed by atoms with Gasteiger partial charge in [0.1, 0.15) is 4.21 Å². The van der Waals surface area contributed by atoms with Crippen molar-refractivity contribution in [3.8, 4) is 0 Å². The van der Waals surface area contributed by atoms with Crippen LogP contribution < -0.4 is 5.32 Å². The van der Waals surface area contributed by atoms with Crippen molar-refractivity contribution in [1.82, 2.24) is 5.32 Å². The third kappa shape index (κ3) is 6.43. The molecule has 1 aromatic rings. The smallest absolute Gasteiger partial charge is 0.303 e. The van der Waals surface area contributed by atoms with Crippen LogP contribution >= 0.6 is 11.3 Å². The van der Waals surface area contributed by atoms with Gasteiger partial charge in [0.25, 0.3) is 5.91 Å². The maximum absolute atomic E-state index is 12.4. The Balaban J connectivity index is 2.01. The van der Waals surface area contributed by atoms with Gasteiger partial charge in [-0.05, 0) is 24.8 Å². The van der Waals surface area contributed by atoms with Crippen molar-refractivity contribution in [2.24, 2.45) is 5.92 Å². The van der Waals surface area contributed by atoms with Crippen molar-refractivity contribution < 1.29 is 23.1 Å². The van der Waals surface area contributed by atoms with Gasteiger partial charge in [0.15, 0.2) is 9.84 Å². The number of thiophene rings is 1. The Labute approximate surface area is 152 Å². The van der Waals surface area contributed by atoms with E-state index in [2.05, 4.69) is 5.32 Å². The maximum atomic E-state index is 12.4. The van der Waals surface area contributed by atoms with Gasteiger partial charge in [0.05, 0.1) is 5.56 Å². The van der Waals surface area contributed by atoms with Crippen LogP contribution in [-0.4, -0.2) is 37.7 Å². The molecule has 0 bridgehead atoms. The number of rotatable bonds is 8. The number of sulfone groups is 1. The van der Waals surface area contributed by atoms with E-state index in [-0.39, 0.29) is 22.6 Å². The molecule has 6 nitrogen and oxygen atoms in total. The molecule has 1 fully saturated rings. The second kappa shape index (κ2) is 8.80. The number of aliphatic carboxylic acids is 1. The molecule has 8 heteroatoms. The molecule has 0 aromatic carbocycles. The number of amides is 1. The normalized spacial score (nSPS) is 17.2. The lowest BCUT2D eigenvalue weighted by Crippen LogP contribution is -2.37. The number of hydrogen-bond acceptors (Lipinski definition) is 5. The standard InChI is InChI=1S/C17H25NO5S2/c1-25(22,23)16-10-13(11-24-16)17(21)18-14(7-8-15(19)20)9-12-5-3-2-4-6-12/h10-12,14H,2-9H2,1H3,(H,18,21)(H,19,20). The van der Waals surface area contributed by atoms with Gasteiger partial charge in [-0.2, -0.15) is 0 Å². The van der Waals surface area contributed by atoms with Crippen LogP contribution in [0.3, 0.4) is 0 Å². The molecule has 0 saturated heterocycles. The molecule has 1 aliphatic rings. The minimum absolute atomic E-state index is 0.00981. The minimum atomic E-state index is -3.33. The zero-order chi connectivity index (χ0) is 18.4. The second-order valence-electron chi connectivity index (χ2n) is 6.77. The van der Waals surface area contributed by atoms with E-state index in [1.807, 2.05) is 0 Å². The molecule has 25 heavy (non-hydrogen) atoms. The Morgan fingerprint density at radius 1 is 1.32 bits per heavy atom. The fourth-order valence-corrected chi connectivity index (χ4v) is 5.07. The number of carboxylic acids is 1. The van der Waals surface area contributed by atoms with Gasteiger partial charge < -0.3 is 10.4 Å². The number of hydrogen-bond donors (Lipinski definition) is 2. The highest BCUT2D eigenvalue weighted by Crippen LogP contribution is 2.28. The summed E-state index contributed by atoms with van der Waals surface area (Å²) in [6.45, 7) is 0. The van der Waals surface area contributed by atoms with Gasteiger partial charge >= 0.3 is 5.97 Å². The Hall–Kier alpha value is -1.41. The van der Waals surface area contributed by atoms with E-state index in [4.69, 9.17) is 5.11 Å². The topological polar surface area (TPSA) is 101 Å². The summed E-state index contributed by atoms with van der Waals surface area (Å²) in [7, 11) is -3.33. The molecule has 1 amide bonds. The first-order valence-electron chi connectivity index (χ1n) is 8.57. The lowest BCUT2D eigenvalue weighted by atomic mass is 9.84. The highest BCUT2D eigenvalue weighted by molar-refractivity contribution is 7.92. The fraction of sp³-hybridized carbons (Fsp3) is 0.647. The van der Waals surface area contributed by atoms with Crippen LogP contribution in [0.1, 0.15) is 61.7 Å². The van der Waals surface area contributed by atoms with E-state index >= 15 is 0 Å². The molecule has 1 aromatic heterocycles. The van der Waals surface area contributed by atoms with Crippen LogP contribution in [0, 0.1) is 5.92 Å². The first-order valence-corrected chi connectivity index (χ1v) is 11.3. The van der Waals surface area contributed by atoms with E-state index in [0.717, 1.165) is 36.9 Å². The van der Waals surface area contributed by atoms with Crippen molar-refractivity contribution in [2.45, 2.75) is 61.6 Å². The molecule has 2 rings (SSSR count). The molecule has 1 heterocycles. The SMILES string of the molecule is CS(=O)(=O)c1cc(C(=O)NC(CCC(=O)O)CC2CCCCC2)cs1. The molecule has 1 unspecified atom stereocenters. The molecule has 140 valence electrons. The molecule has 1 atom stereocenters. The summed E-state index contributed by atoms with van der Waals surface area (Å²) in [6, 6.07) is 1.18. The molecule has 1 aliphatic carbocycles. The third-order valence-corrected chi connectivity index (χ3v) is 7.36. The lowest BCUT2D eigenvalue weighted by Gasteiger charge is -2.27. The zero-order valence-corrected chi connectivity index (χ0v) is 16.0. The van der Waals surface area contributed by atoms with Crippen LogP contribution in [0.25, 0.3) is 0 Å². The van der Waals surface area contributed by atoms with Crippen LogP contribution in [0.4, 0.5) is 0 Å². The van der Waals surface area contributed by atoms with Crippen LogP contribution in [-0.2, 0) is 14.6 Å². The summed E-state index contributed by atoms with van der Waals surface area (Å²) in [5.74, 6) is -0.697. The average molecular weight is 388 g/mol. The maximum Gasteiger partial charge on any atom is 0.303 e. The van der Waals surface area contributed by atoms with Gasteiger partial charge in [-0.1, -0.05) is 32.1 Å².